The van der Waals surface area contributed by atoms with E-state index >= 15 is 0 Å². The van der Waals surface area contributed by atoms with Gasteiger partial charge < -0.3 is 16.4 Å². The van der Waals surface area contributed by atoms with Gasteiger partial charge in [0.05, 0.1) is 14.8 Å². The van der Waals surface area contributed by atoms with Crippen LogP contribution in [-0.2, 0) is 12.8 Å². The fourth-order valence-corrected chi connectivity index (χ4v) is 4.45. The van der Waals surface area contributed by atoms with Crippen LogP contribution in [0, 0.1) is 36.2 Å². The number of rotatable bonds is 10. The van der Waals surface area contributed by atoms with Crippen molar-refractivity contribution in [2.24, 2.45) is 0 Å². The summed E-state index contributed by atoms with van der Waals surface area (Å²) in [7, 11) is 0. The van der Waals surface area contributed by atoms with Crippen molar-refractivity contribution in [3.05, 3.63) is 180 Å². The molecule has 0 spiro atoms. The summed E-state index contributed by atoms with van der Waals surface area (Å²) in [5.74, 6) is -0.467. The number of hydrogen-bond acceptors (Lipinski definition) is 9. The molecule has 0 saturated carbocycles. The summed E-state index contributed by atoms with van der Waals surface area (Å²) >= 11 is 0. The van der Waals surface area contributed by atoms with Crippen molar-refractivity contribution in [2.45, 2.75) is 41.0 Å². The molecule has 0 aliphatic carbocycles. The minimum Gasteiger partial charge on any atom is -0.399 e. The van der Waals surface area contributed by atoms with E-state index < -0.39 is 20.6 Å². The fraction of sp³-hybridized carbons (Fsp3) is 0.231. The second kappa shape index (κ2) is 23.2. The molecule has 5 rings (SSSR count). The summed E-state index contributed by atoms with van der Waals surface area (Å²) in [4.78, 5) is 32.4. The predicted octanol–water partition coefficient (Wildman–Crippen LogP) is 9.25. The molecule has 0 amide bonds. The van der Waals surface area contributed by atoms with E-state index in [1.807, 2.05) is 24.3 Å². The Balaban J connectivity index is 0.000000424. The van der Waals surface area contributed by atoms with Crippen LogP contribution in [0.3, 0.4) is 0 Å². The minimum atomic E-state index is -0.570. The van der Waals surface area contributed by atoms with Gasteiger partial charge in [-0.05, 0) is 91.1 Å². The monoisotopic (exact) mass is 714 g/mol. The molecule has 0 radical (unpaired) electrons. The fourth-order valence-electron chi connectivity index (χ4n) is 4.45. The van der Waals surface area contributed by atoms with Crippen LogP contribution in [-0.4, -0.2) is 39.3 Å². The van der Waals surface area contributed by atoms with Crippen LogP contribution in [0.1, 0.15) is 50.5 Å². The molecule has 276 valence electrons. The average molecular weight is 715 g/mol. The normalized spacial score (nSPS) is 9.79. The predicted molar refractivity (Wildman–Crippen MR) is 207 cm³/mol. The maximum Gasteiger partial charge on any atom is 0.269 e. The number of nitrogens with two attached hydrogens (primary N) is 2. The molecule has 52 heavy (non-hydrogen) atoms. The largest absolute Gasteiger partial charge is 0.399 e. The van der Waals surface area contributed by atoms with E-state index in [1.165, 1.54) is 43.9 Å². The van der Waals surface area contributed by atoms with Crippen LogP contribution < -0.4 is 11.5 Å². The molecule has 5 aromatic carbocycles. The van der Waals surface area contributed by atoms with Gasteiger partial charge in [0.2, 0.25) is 0 Å². The van der Waals surface area contributed by atoms with Crippen LogP contribution in [0.25, 0.3) is 0 Å². The maximum atomic E-state index is 12.1. The summed E-state index contributed by atoms with van der Waals surface area (Å²) in [5.41, 5.74) is 16.6. The summed E-state index contributed by atoms with van der Waals surface area (Å²) in [6.07, 6.45) is 1.41. The van der Waals surface area contributed by atoms with Crippen LogP contribution >= 0.6 is 0 Å². The number of non-ortho nitro benzene ring substituents is 3. The molecule has 5 aromatic rings. The van der Waals surface area contributed by atoms with Crippen molar-refractivity contribution in [3.63, 3.8) is 0 Å². The Hall–Kier alpha value is -6.21. The highest BCUT2D eigenvalue weighted by molar-refractivity contribution is 5.48. The molecular formula is C39H47FN6O6. The molecule has 0 fully saturated rings. The van der Waals surface area contributed by atoms with Gasteiger partial charge in [-0.2, -0.15) is 0 Å². The van der Waals surface area contributed by atoms with Crippen LogP contribution in [0.4, 0.5) is 32.8 Å². The molecular weight excluding hydrogens is 667 g/mol. The van der Waals surface area contributed by atoms with Crippen molar-refractivity contribution in [3.8, 4) is 0 Å². The zero-order valence-corrected chi connectivity index (χ0v) is 28.9. The molecule has 12 nitrogen and oxygen atoms in total. The smallest absolute Gasteiger partial charge is 0.269 e. The molecule has 0 aromatic heterocycles. The number of nitro groups is 3. The van der Waals surface area contributed by atoms with Gasteiger partial charge in [-0.15, -0.1) is 0 Å². The highest BCUT2D eigenvalue weighted by Gasteiger charge is 2.07. The summed E-state index contributed by atoms with van der Waals surface area (Å²) in [6.45, 7) is 10.1. The second-order valence-electron chi connectivity index (χ2n) is 11.0. The van der Waals surface area contributed by atoms with Gasteiger partial charge in [0.1, 0.15) is 5.82 Å². The lowest BCUT2D eigenvalue weighted by Gasteiger charge is -2.13. The van der Waals surface area contributed by atoms with Crippen molar-refractivity contribution in [2.75, 3.05) is 31.1 Å². The van der Waals surface area contributed by atoms with Gasteiger partial charge >= 0.3 is 0 Å². The van der Waals surface area contributed by atoms with Crippen molar-refractivity contribution < 1.29 is 19.2 Å². The average Bonchev–Trinajstić information content (AvgIpc) is 3.13. The first kappa shape index (κ1) is 43.8. The quantitative estimate of drug-likeness (QED) is 0.0808. The molecule has 4 N–H and O–H groups in total. The van der Waals surface area contributed by atoms with E-state index in [0.717, 1.165) is 57.9 Å². The van der Waals surface area contributed by atoms with Crippen LogP contribution in [0.5, 0.6) is 0 Å². The molecule has 0 aliphatic heterocycles. The Morgan fingerprint density at radius 2 is 0.712 bits per heavy atom. The van der Waals surface area contributed by atoms with Gasteiger partial charge in [0.15, 0.2) is 0 Å². The number of halogens is 1. The first-order valence-electron chi connectivity index (χ1n) is 16.1. The number of nitrogens with zero attached hydrogens (tertiary/aromatic N) is 4. The number of benzene rings is 5. The Bertz CT molecular complexity index is 1680. The van der Waals surface area contributed by atoms with Gasteiger partial charge in [0.25, 0.3) is 17.1 Å². The molecule has 0 saturated heterocycles. The summed E-state index contributed by atoms with van der Waals surface area (Å²) < 4.78 is 12.1. The second-order valence-corrected chi connectivity index (χ2v) is 11.0. The Morgan fingerprint density at radius 1 is 0.481 bits per heavy atom. The molecule has 0 atom stereocenters. The topological polar surface area (TPSA) is 185 Å². The minimum absolute atomic E-state index is 0. The third kappa shape index (κ3) is 16.5. The Kier molecular flexibility index (Phi) is 19.6. The molecule has 0 unspecified atom stereocenters. The number of nitro benzene ring substituents is 3. The van der Waals surface area contributed by atoms with Gasteiger partial charge in [-0.3, -0.25) is 30.3 Å². The molecule has 0 heterocycles. The third-order valence-electron chi connectivity index (χ3n) is 7.45. The third-order valence-corrected chi connectivity index (χ3v) is 7.45. The van der Waals surface area contributed by atoms with E-state index in [-0.39, 0.29) is 24.5 Å². The van der Waals surface area contributed by atoms with Crippen LogP contribution in [0.2, 0.25) is 0 Å². The summed E-state index contributed by atoms with van der Waals surface area (Å²) in [5, 5.41) is 31.4. The molecule has 0 bridgehead atoms. The van der Waals surface area contributed by atoms with Crippen LogP contribution in [0.15, 0.2) is 121 Å². The number of nitrogen functional groups attached to an aromatic ring is 2. The lowest BCUT2D eigenvalue weighted by Crippen LogP contribution is -2.21. The summed E-state index contributed by atoms with van der Waals surface area (Å²) in [6, 6.07) is 32.7. The lowest BCUT2D eigenvalue weighted by atomic mass is 10.00. The van der Waals surface area contributed by atoms with Gasteiger partial charge in [-0.25, -0.2) is 4.39 Å². The SMILES string of the molecule is C.CCN(CC)CC.Nc1ccc(N)cc1.O=[N+]([O-])c1ccc(Cc2ccc(Cc3ccc([N+](=O)[O-])cc3)cc2)cc1.O=[N+]([O-])c1ccc(F)cc1. The maximum absolute atomic E-state index is 12.1. The highest BCUT2D eigenvalue weighted by Crippen LogP contribution is 2.18. The van der Waals surface area contributed by atoms with E-state index in [4.69, 9.17) is 11.5 Å². The molecule has 0 aliphatic rings. The zero-order valence-electron chi connectivity index (χ0n) is 28.9. The lowest BCUT2D eigenvalue weighted by molar-refractivity contribution is -0.385. The van der Waals surface area contributed by atoms with E-state index in [2.05, 4.69) is 25.7 Å². The first-order chi connectivity index (χ1) is 24.3. The standard InChI is InChI=1S/C20H16N2O4.C6H4FNO2.C6H8N2.C6H15N.CH4/c23-21(24)19-9-5-17(6-10-19)13-15-1-2-16(4-3-15)14-18-7-11-20(12-8-18)22(25)26;7-5-1-3-6(4-2-5)8(9)10;7-5-1-2-6(8)4-3-5;1-4-7(5-2)6-3;/h1-12H,13-14H2;1-4H;1-4H,7-8H2;4-6H2,1-3H3;1H4. The molecule has 13 heteroatoms. The highest BCUT2D eigenvalue weighted by atomic mass is 19.1. The zero-order chi connectivity index (χ0) is 37.8. The Labute approximate surface area is 304 Å². The van der Waals surface area contributed by atoms with Gasteiger partial charge in [-0.1, -0.05) is 76.7 Å². The number of anilines is 2. The number of hydrogen-bond donors (Lipinski definition) is 2. The first-order valence-corrected chi connectivity index (χ1v) is 16.1. The van der Waals surface area contributed by atoms with E-state index in [0.29, 0.717) is 12.8 Å². The van der Waals surface area contributed by atoms with Crippen molar-refractivity contribution in [1.29, 1.82) is 0 Å². The van der Waals surface area contributed by atoms with E-state index in [9.17, 15) is 34.7 Å². The van der Waals surface area contributed by atoms with E-state index in [1.54, 1.807) is 48.5 Å². The van der Waals surface area contributed by atoms with Gasteiger partial charge in [0, 0.05) is 47.8 Å². The van der Waals surface area contributed by atoms with Crippen molar-refractivity contribution in [1.82, 2.24) is 4.90 Å². The van der Waals surface area contributed by atoms with Crippen molar-refractivity contribution >= 4 is 28.4 Å². The Morgan fingerprint density at radius 3 is 0.923 bits per heavy atom.